The molecule has 4 aromatic rings. The van der Waals surface area contributed by atoms with Crippen LogP contribution >= 0.6 is 0 Å². The van der Waals surface area contributed by atoms with Crippen molar-refractivity contribution in [3.63, 3.8) is 0 Å². The average molecular weight is 822 g/mol. The van der Waals surface area contributed by atoms with Crippen LogP contribution in [0.1, 0.15) is 67.9 Å². The fourth-order valence-corrected chi connectivity index (χ4v) is 8.41. The van der Waals surface area contributed by atoms with Crippen molar-refractivity contribution in [2.45, 2.75) is 76.5 Å². The van der Waals surface area contributed by atoms with Crippen molar-refractivity contribution in [1.82, 2.24) is 25.1 Å². The number of amides is 3. The number of aromatic amines is 1. The molecule has 0 spiro atoms. The van der Waals surface area contributed by atoms with Crippen LogP contribution in [0.25, 0.3) is 33.4 Å². The largest absolute Gasteiger partial charge is 0.490 e. The van der Waals surface area contributed by atoms with Gasteiger partial charge in [-0.1, -0.05) is 36.4 Å². The Bertz CT molecular complexity index is 2370. The maximum atomic E-state index is 13.5. The van der Waals surface area contributed by atoms with E-state index in [-0.39, 0.29) is 17.2 Å². The molecule has 2 fully saturated rings. The van der Waals surface area contributed by atoms with E-state index in [2.05, 4.69) is 45.5 Å². The number of carboxylic acid groups (broad SMARTS) is 1. The molecule has 0 unspecified atom stereocenters. The number of nitriles is 1. The molecule has 0 radical (unpaired) electrons. The van der Waals surface area contributed by atoms with Gasteiger partial charge in [-0.15, -0.1) is 0 Å². The maximum Gasteiger partial charge on any atom is 0.490 e. The summed E-state index contributed by atoms with van der Waals surface area (Å²) in [5.74, 6) is -2.97. The summed E-state index contributed by atoms with van der Waals surface area (Å²) in [5.41, 5.74) is 6.98. The molecule has 3 N–H and O–H groups in total. The molecular formula is C41H46F3N7O6S. The third-order valence-electron chi connectivity index (χ3n) is 11.1. The van der Waals surface area contributed by atoms with Gasteiger partial charge in [0.1, 0.15) is 15.5 Å². The Morgan fingerprint density at radius 2 is 1.62 bits per heavy atom. The van der Waals surface area contributed by atoms with Crippen molar-refractivity contribution >= 4 is 44.5 Å². The lowest BCUT2D eigenvalue weighted by Gasteiger charge is -2.42. The van der Waals surface area contributed by atoms with Crippen LogP contribution < -0.4 is 10.2 Å². The number of nitrogens with one attached hydrogen (secondary N) is 2. The summed E-state index contributed by atoms with van der Waals surface area (Å²) < 4.78 is 55.8. The SMILES string of the molecule is CN1C(=O)N(C(C)(C)C)Cc2c1cnc1[nH]c(-c3ccc(CN4CCC(S(C)(=O)=O)CC4)cc3)c(-c3ccc(C(=O)NCC4(C#N)CC4)cc3)c21.O=C(O)C(F)(F)F. The van der Waals surface area contributed by atoms with Gasteiger partial charge in [-0.05, 0) is 88.4 Å². The van der Waals surface area contributed by atoms with Crippen molar-refractivity contribution < 1.29 is 41.1 Å². The zero-order chi connectivity index (χ0) is 42.4. The van der Waals surface area contributed by atoms with Crippen molar-refractivity contribution in [3.05, 3.63) is 71.4 Å². The first-order valence-corrected chi connectivity index (χ1v) is 20.8. The van der Waals surface area contributed by atoms with Crippen molar-refractivity contribution in [3.8, 4) is 28.5 Å². The van der Waals surface area contributed by atoms with E-state index in [1.165, 1.54) is 6.26 Å². The monoisotopic (exact) mass is 821 g/mol. The van der Waals surface area contributed by atoms with Gasteiger partial charge in [-0.25, -0.2) is 23.0 Å². The molecule has 1 aliphatic carbocycles. The first kappa shape index (κ1) is 42.1. The summed E-state index contributed by atoms with van der Waals surface area (Å²) in [4.78, 5) is 49.7. The fraction of sp³-hybridized carbons (Fsp3) is 0.439. The molecule has 308 valence electrons. The Balaban J connectivity index is 0.000000743. The molecule has 3 amide bonds. The number of halogens is 3. The second-order valence-electron chi connectivity index (χ2n) is 16.3. The van der Waals surface area contributed by atoms with Gasteiger partial charge < -0.3 is 20.3 Å². The fourth-order valence-electron chi connectivity index (χ4n) is 7.35. The molecule has 58 heavy (non-hydrogen) atoms. The van der Waals surface area contributed by atoms with E-state index in [9.17, 15) is 36.4 Å². The number of benzene rings is 2. The van der Waals surface area contributed by atoms with Gasteiger partial charge >= 0.3 is 18.2 Å². The lowest BCUT2D eigenvalue weighted by Crippen LogP contribution is -2.53. The van der Waals surface area contributed by atoms with Gasteiger partial charge in [-0.2, -0.15) is 18.4 Å². The highest BCUT2D eigenvalue weighted by atomic mass is 32.2. The minimum absolute atomic E-state index is 0.0793. The van der Waals surface area contributed by atoms with E-state index < -0.39 is 32.9 Å². The number of alkyl halides is 3. The molecule has 0 bridgehead atoms. The molecule has 13 nitrogen and oxygen atoms in total. The maximum absolute atomic E-state index is 13.5. The van der Waals surface area contributed by atoms with Crippen molar-refractivity contribution in [1.29, 1.82) is 5.26 Å². The van der Waals surface area contributed by atoms with Crippen LogP contribution in [0.2, 0.25) is 0 Å². The number of carbonyl (C=O) groups excluding carboxylic acids is 2. The van der Waals surface area contributed by atoms with E-state index in [4.69, 9.17) is 14.9 Å². The molecule has 2 aliphatic heterocycles. The predicted octanol–water partition coefficient (Wildman–Crippen LogP) is 6.74. The molecule has 2 aromatic carbocycles. The predicted molar refractivity (Wildman–Crippen MR) is 213 cm³/mol. The number of fused-ring (bicyclic) bond motifs is 3. The Labute approximate surface area is 334 Å². The van der Waals surface area contributed by atoms with Crippen molar-refractivity contribution in [2.75, 3.05) is 37.8 Å². The number of carbonyl (C=O) groups is 3. The molecule has 0 atom stereocenters. The van der Waals surface area contributed by atoms with Crippen LogP contribution in [0.3, 0.4) is 0 Å². The smallest absolute Gasteiger partial charge is 0.475 e. The normalized spacial score (nSPS) is 17.3. The van der Waals surface area contributed by atoms with Gasteiger partial charge in [0.05, 0.1) is 40.9 Å². The number of carboxylic acids is 1. The molecule has 17 heteroatoms. The quantitative estimate of drug-likeness (QED) is 0.174. The number of rotatable bonds is 8. The van der Waals surface area contributed by atoms with E-state index >= 15 is 0 Å². The highest BCUT2D eigenvalue weighted by molar-refractivity contribution is 7.91. The second kappa shape index (κ2) is 15.7. The number of hydrogen-bond acceptors (Lipinski definition) is 8. The van der Waals surface area contributed by atoms with Crippen LogP contribution in [0.5, 0.6) is 0 Å². The number of sulfone groups is 1. The van der Waals surface area contributed by atoms with Gasteiger partial charge in [0.2, 0.25) is 0 Å². The summed E-state index contributed by atoms with van der Waals surface area (Å²) in [7, 11) is -1.23. The van der Waals surface area contributed by atoms with E-state index in [0.717, 1.165) is 77.1 Å². The van der Waals surface area contributed by atoms with Crippen LogP contribution in [-0.2, 0) is 27.7 Å². The number of anilines is 1. The standard InChI is InChI=1S/C39H45N7O4S.C2HF3O2/c1-38(2,3)46-22-30-31(44(4)37(46)48)20-41-35-33(30)32(26-10-12-28(13-11-26)36(47)42-24-39(23-40)16-17-39)34(43-35)27-8-6-25(7-9-27)21-45-18-14-29(15-19-45)51(5,49)50;3-2(4,5)1(6)7/h6-13,20,29H,14-19,21-22,24H2,1-5H3,(H,41,43)(H,42,47);(H,6,7). The van der Waals surface area contributed by atoms with Crippen LogP contribution in [0.15, 0.2) is 54.7 Å². The van der Waals surface area contributed by atoms with Crippen molar-refractivity contribution in [2.24, 2.45) is 5.41 Å². The highest BCUT2D eigenvalue weighted by Gasteiger charge is 2.43. The summed E-state index contributed by atoms with van der Waals surface area (Å²) in [6, 6.07) is 18.2. The molecule has 1 saturated heterocycles. The number of nitrogens with zero attached hydrogens (tertiary/aromatic N) is 5. The highest BCUT2D eigenvalue weighted by Crippen LogP contribution is 2.45. The molecule has 7 rings (SSSR count). The van der Waals surface area contributed by atoms with Gasteiger partial charge in [-0.3, -0.25) is 14.6 Å². The topological polar surface area (TPSA) is 180 Å². The molecule has 4 heterocycles. The third-order valence-corrected chi connectivity index (χ3v) is 12.7. The van der Waals surface area contributed by atoms with Crippen LogP contribution in [0, 0.1) is 16.7 Å². The number of aliphatic carboxylic acids is 1. The minimum atomic E-state index is -5.08. The summed E-state index contributed by atoms with van der Waals surface area (Å²) >= 11 is 0. The number of pyridine rings is 1. The first-order chi connectivity index (χ1) is 27.1. The lowest BCUT2D eigenvalue weighted by atomic mass is 9.93. The van der Waals surface area contributed by atoms with Crippen LogP contribution in [0.4, 0.5) is 23.7 Å². The Morgan fingerprint density at radius 3 is 2.14 bits per heavy atom. The zero-order valence-electron chi connectivity index (χ0n) is 32.9. The van der Waals surface area contributed by atoms with Crippen LogP contribution in [-0.4, -0.2) is 101 Å². The summed E-state index contributed by atoms with van der Waals surface area (Å²) in [6.45, 7) is 9.11. The Morgan fingerprint density at radius 1 is 1.03 bits per heavy atom. The number of urea groups is 1. The van der Waals surface area contributed by atoms with E-state index in [0.29, 0.717) is 37.1 Å². The summed E-state index contributed by atoms with van der Waals surface area (Å²) in [6.07, 6.45) is 0.936. The lowest BCUT2D eigenvalue weighted by molar-refractivity contribution is -0.192. The average Bonchev–Trinajstić information content (AvgIpc) is 3.85. The Kier molecular flexibility index (Phi) is 11.4. The number of likely N-dealkylation sites (tertiary alicyclic amines) is 1. The Hall–Kier alpha value is -5.47. The molecule has 3 aliphatic rings. The molecular weight excluding hydrogens is 776 g/mol. The van der Waals surface area contributed by atoms with Gasteiger partial charge in [0.15, 0.2) is 0 Å². The number of H-pyrrole nitrogens is 1. The second-order valence-corrected chi connectivity index (χ2v) is 18.6. The minimum Gasteiger partial charge on any atom is -0.475 e. The number of piperidine rings is 1. The van der Waals surface area contributed by atoms with E-state index in [1.54, 1.807) is 18.1 Å². The third kappa shape index (κ3) is 8.97. The zero-order valence-corrected chi connectivity index (χ0v) is 33.7. The molecule has 1 saturated carbocycles. The summed E-state index contributed by atoms with van der Waals surface area (Å²) in [5, 5.41) is 20.2. The van der Waals surface area contributed by atoms with E-state index in [1.807, 2.05) is 49.9 Å². The number of aromatic nitrogens is 2. The van der Waals surface area contributed by atoms with Gasteiger partial charge in [0.25, 0.3) is 5.91 Å². The first-order valence-electron chi connectivity index (χ1n) is 18.8. The van der Waals surface area contributed by atoms with Gasteiger partial charge in [0, 0.05) is 54.0 Å². The molecule has 2 aromatic heterocycles. The number of hydrogen-bond donors (Lipinski definition) is 3.